The number of methoxy groups -OCH3 is 2. The van der Waals surface area contributed by atoms with Gasteiger partial charge in [0.1, 0.15) is 6.33 Å². The molecule has 0 radical (unpaired) electrons. The van der Waals surface area contributed by atoms with E-state index in [1.165, 1.54) is 27.6 Å². The number of ether oxygens (including phenoxy) is 2. The highest BCUT2D eigenvalue weighted by Crippen LogP contribution is 2.23. The Kier molecular flexibility index (Phi) is 4.14. The number of carbonyl (C=O) groups is 2. The number of imide groups is 1. The van der Waals surface area contributed by atoms with Crippen LogP contribution in [0.25, 0.3) is 0 Å². The van der Waals surface area contributed by atoms with Gasteiger partial charge in [-0.05, 0) is 0 Å². The second-order valence-electron chi connectivity index (χ2n) is 4.30. The van der Waals surface area contributed by atoms with Crippen LogP contribution in [-0.4, -0.2) is 54.0 Å². The molecule has 0 saturated carbocycles. The van der Waals surface area contributed by atoms with Crippen LogP contribution in [0.3, 0.4) is 0 Å². The van der Waals surface area contributed by atoms with Crippen LogP contribution in [0.15, 0.2) is 6.33 Å². The van der Waals surface area contributed by atoms with Crippen LogP contribution in [0.1, 0.15) is 12.0 Å². The number of hydrogen-bond acceptors (Lipinski definition) is 7. The van der Waals surface area contributed by atoms with Gasteiger partial charge in [-0.25, -0.2) is 9.97 Å². The Morgan fingerprint density at radius 1 is 1.30 bits per heavy atom. The van der Waals surface area contributed by atoms with Crippen molar-refractivity contribution in [1.82, 2.24) is 20.2 Å². The third-order valence-corrected chi connectivity index (χ3v) is 3.16. The van der Waals surface area contributed by atoms with E-state index in [1.54, 1.807) is 0 Å². The minimum Gasteiger partial charge on any atom is -0.481 e. The predicted octanol–water partition coefficient (Wildman–Crippen LogP) is -0.659. The van der Waals surface area contributed by atoms with Crippen molar-refractivity contribution in [2.24, 2.45) is 0 Å². The summed E-state index contributed by atoms with van der Waals surface area (Å²) in [4.78, 5) is 32.3. The van der Waals surface area contributed by atoms with Crippen molar-refractivity contribution in [1.29, 1.82) is 0 Å². The Bertz CT molecular complexity index is 512. The number of likely N-dealkylation sites (tertiary alicyclic amines) is 1. The van der Waals surface area contributed by atoms with Crippen LogP contribution in [0.5, 0.6) is 11.8 Å². The number of rotatable bonds is 5. The lowest BCUT2D eigenvalue weighted by atomic mass is 10.2. The summed E-state index contributed by atoms with van der Waals surface area (Å²) in [6.07, 6.45) is 1.48. The average Bonchev–Trinajstić information content (AvgIpc) is 2.71. The van der Waals surface area contributed by atoms with Crippen molar-refractivity contribution in [2.75, 3.05) is 21.3 Å². The maximum absolute atomic E-state index is 11.8. The zero-order valence-corrected chi connectivity index (χ0v) is 11.5. The van der Waals surface area contributed by atoms with Gasteiger partial charge in [0.15, 0.2) is 0 Å². The molecule has 108 valence electrons. The van der Waals surface area contributed by atoms with Crippen molar-refractivity contribution < 1.29 is 19.1 Å². The maximum Gasteiger partial charge on any atom is 0.246 e. The van der Waals surface area contributed by atoms with Crippen molar-refractivity contribution in [3.05, 3.63) is 11.9 Å². The van der Waals surface area contributed by atoms with E-state index in [0.29, 0.717) is 17.3 Å². The van der Waals surface area contributed by atoms with E-state index in [4.69, 9.17) is 9.47 Å². The molecule has 0 spiro atoms. The second kappa shape index (κ2) is 5.83. The maximum atomic E-state index is 11.8. The Morgan fingerprint density at radius 3 is 2.35 bits per heavy atom. The lowest BCUT2D eigenvalue weighted by Crippen LogP contribution is -2.36. The molecular weight excluding hydrogens is 264 g/mol. The summed E-state index contributed by atoms with van der Waals surface area (Å²) >= 11 is 0. The monoisotopic (exact) mass is 280 g/mol. The van der Waals surface area contributed by atoms with E-state index in [9.17, 15) is 9.59 Å². The molecule has 2 heterocycles. The standard InChI is InChI=1S/C12H16N4O4/c1-16-9(17)4-8(12(16)18)13-5-7-10(19-2)14-6-15-11(7)20-3/h6,8,13H,4-5H2,1-3H3. The number of nitrogens with zero attached hydrogens (tertiary/aromatic N) is 3. The van der Waals surface area contributed by atoms with Gasteiger partial charge in [-0.3, -0.25) is 14.5 Å². The van der Waals surface area contributed by atoms with Crippen LogP contribution < -0.4 is 14.8 Å². The number of nitrogens with one attached hydrogen (secondary N) is 1. The van der Waals surface area contributed by atoms with Crippen molar-refractivity contribution >= 4 is 11.8 Å². The van der Waals surface area contributed by atoms with E-state index in [2.05, 4.69) is 15.3 Å². The molecule has 1 aromatic rings. The highest BCUT2D eigenvalue weighted by atomic mass is 16.5. The third kappa shape index (κ3) is 2.55. The molecular formula is C12H16N4O4. The van der Waals surface area contributed by atoms with Gasteiger partial charge in [0, 0.05) is 13.6 Å². The summed E-state index contributed by atoms with van der Waals surface area (Å²) in [6, 6.07) is -0.540. The zero-order valence-electron chi connectivity index (χ0n) is 11.5. The Hall–Kier alpha value is -2.22. The lowest BCUT2D eigenvalue weighted by Gasteiger charge is -2.14. The van der Waals surface area contributed by atoms with Gasteiger partial charge < -0.3 is 14.8 Å². The molecule has 1 aliphatic heterocycles. The van der Waals surface area contributed by atoms with Crippen LogP contribution in [0.4, 0.5) is 0 Å². The van der Waals surface area contributed by atoms with E-state index in [0.717, 1.165) is 4.90 Å². The summed E-state index contributed by atoms with van der Waals surface area (Å²) in [5.74, 6) is 0.296. The number of carbonyl (C=O) groups excluding carboxylic acids is 2. The van der Waals surface area contributed by atoms with Gasteiger partial charge >= 0.3 is 0 Å². The largest absolute Gasteiger partial charge is 0.481 e. The third-order valence-electron chi connectivity index (χ3n) is 3.16. The van der Waals surface area contributed by atoms with Gasteiger partial charge in [0.05, 0.1) is 32.2 Å². The first-order chi connectivity index (χ1) is 9.58. The molecule has 1 saturated heterocycles. The molecule has 1 N–H and O–H groups in total. The SMILES string of the molecule is COc1ncnc(OC)c1CNC1CC(=O)N(C)C1=O. The molecule has 0 bridgehead atoms. The molecule has 0 aromatic carbocycles. The van der Waals surface area contributed by atoms with Crippen LogP contribution in [0, 0.1) is 0 Å². The molecule has 2 amide bonds. The molecule has 1 aromatic heterocycles. The fraction of sp³-hybridized carbons (Fsp3) is 0.500. The number of hydrogen-bond donors (Lipinski definition) is 1. The van der Waals surface area contributed by atoms with Gasteiger partial charge in [-0.15, -0.1) is 0 Å². The molecule has 8 nitrogen and oxygen atoms in total. The van der Waals surface area contributed by atoms with Crippen LogP contribution in [-0.2, 0) is 16.1 Å². The number of aromatic nitrogens is 2. The van der Waals surface area contributed by atoms with Gasteiger partial charge in [-0.1, -0.05) is 0 Å². The summed E-state index contributed by atoms with van der Waals surface area (Å²) in [5.41, 5.74) is 0.604. The fourth-order valence-corrected chi connectivity index (χ4v) is 2.02. The van der Waals surface area contributed by atoms with Crippen molar-refractivity contribution in [3.63, 3.8) is 0 Å². The Labute approximate surface area is 116 Å². The highest BCUT2D eigenvalue weighted by molar-refractivity contribution is 6.05. The topological polar surface area (TPSA) is 93.7 Å². The minimum absolute atomic E-state index is 0.146. The quantitative estimate of drug-likeness (QED) is 0.716. The normalized spacial score (nSPS) is 18.6. The molecule has 20 heavy (non-hydrogen) atoms. The van der Waals surface area contributed by atoms with E-state index in [1.807, 2.05) is 0 Å². The van der Waals surface area contributed by atoms with Gasteiger partial charge in [0.25, 0.3) is 0 Å². The molecule has 1 unspecified atom stereocenters. The second-order valence-corrected chi connectivity index (χ2v) is 4.30. The number of likely N-dealkylation sites (N-methyl/N-ethyl adjacent to an activating group) is 1. The van der Waals surface area contributed by atoms with Gasteiger partial charge in [0.2, 0.25) is 23.6 Å². The minimum atomic E-state index is -0.540. The first kappa shape index (κ1) is 14.2. The fourth-order valence-electron chi connectivity index (χ4n) is 2.02. The van der Waals surface area contributed by atoms with Gasteiger partial charge in [-0.2, -0.15) is 0 Å². The van der Waals surface area contributed by atoms with E-state index < -0.39 is 6.04 Å². The lowest BCUT2D eigenvalue weighted by molar-refractivity contribution is -0.137. The summed E-state index contributed by atoms with van der Waals surface area (Å²) in [6.45, 7) is 0.269. The summed E-state index contributed by atoms with van der Waals surface area (Å²) in [5, 5.41) is 3.01. The van der Waals surface area contributed by atoms with E-state index in [-0.39, 0.29) is 24.8 Å². The van der Waals surface area contributed by atoms with Crippen LogP contribution >= 0.6 is 0 Å². The first-order valence-electron chi connectivity index (χ1n) is 6.04. The Morgan fingerprint density at radius 2 is 1.90 bits per heavy atom. The van der Waals surface area contributed by atoms with Crippen molar-refractivity contribution in [3.8, 4) is 11.8 Å². The zero-order chi connectivity index (χ0) is 14.7. The average molecular weight is 280 g/mol. The molecule has 8 heteroatoms. The summed E-state index contributed by atoms with van der Waals surface area (Å²) in [7, 11) is 4.45. The predicted molar refractivity (Wildman–Crippen MR) is 68.2 cm³/mol. The molecule has 0 aliphatic carbocycles. The molecule has 1 aliphatic rings. The molecule has 1 atom stereocenters. The Balaban J connectivity index is 2.11. The van der Waals surface area contributed by atoms with E-state index >= 15 is 0 Å². The van der Waals surface area contributed by atoms with Crippen LogP contribution in [0.2, 0.25) is 0 Å². The first-order valence-corrected chi connectivity index (χ1v) is 6.04. The van der Waals surface area contributed by atoms with Crippen molar-refractivity contribution in [2.45, 2.75) is 19.0 Å². The smallest absolute Gasteiger partial charge is 0.246 e. The molecule has 2 rings (SSSR count). The number of amides is 2. The summed E-state index contributed by atoms with van der Waals surface area (Å²) < 4.78 is 10.3. The molecule has 1 fully saturated rings. The highest BCUT2D eigenvalue weighted by Gasteiger charge is 2.35.